The van der Waals surface area contributed by atoms with Crippen LogP contribution in [0.1, 0.15) is 31.3 Å². The van der Waals surface area contributed by atoms with Gasteiger partial charge in [0.25, 0.3) is 0 Å². The number of aromatic nitrogens is 1. The summed E-state index contributed by atoms with van der Waals surface area (Å²) in [4.78, 5) is 4.47. The summed E-state index contributed by atoms with van der Waals surface area (Å²) in [6.07, 6.45) is 0.811. The number of rotatable bonds is 4. The van der Waals surface area contributed by atoms with Crippen molar-refractivity contribution in [1.82, 2.24) is 4.98 Å². The number of hydrogen-bond donors (Lipinski definition) is 1. The number of hydrogen-bond acceptors (Lipinski definition) is 3. The molecule has 0 saturated heterocycles. The van der Waals surface area contributed by atoms with E-state index < -0.39 is 0 Å². The molecule has 0 bridgehead atoms. The van der Waals surface area contributed by atoms with Crippen LogP contribution in [0, 0.1) is 0 Å². The maximum atomic E-state index is 5.63. The van der Waals surface area contributed by atoms with Crippen LogP contribution in [0.15, 0.2) is 51.4 Å². The fraction of sp³-hybridized carbons (Fsp3) is 0.235. The standard InChI is InChI=1S/C17H17BrN2O/c1-3-17-20-15-10-14(7-8-16(15)21-17)19-11(2)12-5-4-6-13(18)9-12/h4-11,19H,3H2,1-2H3. The van der Waals surface area contributed by atoms with Crippen LogP contribution in [0.4, 0.5) is 5.69 Å². The SMILES string of the molecule is CCc1nc2cc(NC(C)c3cccc(Br)c3)ccc2o1. The number of anilines is 1. The summed E-state index contributed by atoms with van der Waals surface area (Å²) in [5.74, 6) is 0.780. The Morgan fingerprint density at radius 3 is 2.86 bits per heavy atom. The molecule has 0 aliphatic rings. The molecule has 1 atom stereocenters. The summed E-state index contributed by atoms with van der Waals surface area (Å²) >= 11 is 3.51. The number of nitrogens with zero attached hydrogens (tertiary/aromatic N) is 1. The zero-order chi connectivity index (χ0) is 14.8. The van der Waals surface area contributed by atoms with Gasteiger partial charge in [0.2, 0.25) is 0 Å². The van der Waals surface area contributed by atoms with Crippen molar-refractivity contribution < 1.29 is 4.42 Å². The highest BCUT2D eigenvalue weighted by atomic mass is 79.9. The van der Waals surface area contributed by atoms with Crippen LogP contribution >= 0.6 is 15.9 Å². The van der Waals surface area contributed by atoms with Gasteiger partial charge in [-0.2, -0.15) is 0 Å². The Kier molecular flexibility index (Phi) is 3.97. The molecule has 1 aromatic heterocycles. The predicted octanol–water partition coefficient (Wildman–Crippen LogP) is 5.33. The summed E-state index contributed by atoms with van der Waals surface area (Å²) in [6, 6.07) is 14.6. The van der Waals surface area contributed by atoms with Crippen LogP contribution in [0.25, 0.3) is 11.1 Å². The topological polar surface area (TPSA) is 38.1 Å². The van der Waals surface area contributed by atoms with Gasteiger partial charge < -0.3 is 9.73 Å². The van der Waals surface area contributed by atoms with Crippen molar-refractivity contribution in [2.45, 2.75) is 26.3 Å². The normalized spacial score (nSPS) is 12.5. The Morgan fingerprint density at radius 1 is 1.24 bits per heavy atom. The molecule has 21 heavy (non-hydrogen) atoms. The summed E-state index contributed by atoms with van der Waals surface area (Å²) in [6.45, 7) is 4.19. The van der Waals surface area contributed by atoms with Crippen LogP contribution in [0.5, 0.6) is 0 Å². The first-order chi connectivity index (χ1) is 10.2. The Bertz CT molecular complexity index is 766. The van der Waals surface area contributed by atoms with Crippen LogP contribution in [0.3, 0.4) is 0 Å². The van der Waals surface area contributed by atoms with E-state index in [2.05, 4.69) is 45.3 Å². The highest BCUT2D eigenvalue weighted by molar-refractivity contribution is 9.10. The minimum atomic E-state index is 0.220. The molecule has 0 aliphatic heterocycles. The number of aryl methyl sites for hydroxylation is 1. The van der Waals surface area contributed by atoms with Crippen molar-refractivity contribution in [3.8, 4) is 0 Å². The van der Waals surface area contributed by atoms with Gasteiger partial charge in [-0.3, -0.25) is 0 Å². The molecule has 0 aliphatic carbocycles. The van der Waals surface area contributed by atoms with E-state index >= 15 is 0 Å². The third-order valence-corrected chi connectivity index (χ3v) is 3.96. The molecule has 0 fully saturated rings. The van der Waals surface area contributed by atoms with Crippen molar-refractivity contribution in [3.05, 3.63) is 58.4 Å². The molecule has 0 saturated carbocycles. The van der Waals surface area contributed by atoms with E-state index in [1.54, 1.807) is 0 Å². The minimum Gasteiger partial charge on any atom is -0.441 e. The second-order valence-electron chi connectivity index (χ2n) is 5.06. The van der Waals surface area contributed by atoms with Gasteiger partial charge in [-0.1, -0.05) is 35.0 Å². The van der Waals surface area contributed by atoms with E-state index in [0.717, 1.165) is 33.6 Å². The molecule has 1 unspecified atom stereocenters. The Balaban J connectivity index is 1.83. The second-order valence-corrected chi connectivity index (χ2v) is 5.98. The summed E-state index contributed by atoms with van der Waals surface area (Å²) < 4.78 is 6.72. The van der Waals surface area contributed by atoms with E-state index in [9.17, 15) is 0 Å². The molecular formula is C17H17BrN2O. The van der Waals surface area contributed by atoms with E-state index in [1.165, 1.54) is 5.56 Å². The zero-order valence-corrected chi connectivity index (χ0v) is 13.6. The highest BCUT2D eigenvalue weighted by Gasteiger charge is 2.08. The molecule has 2 aromatic carbocycles. The first kappa shape index (κ1) is 14.1. The summed E-state index contributed by atoms with van der Waals surface area (Å²) in [5, 5.41) is 3.50. The van der Waals surface area contributed by atoms with E-state index in [0.29, 0.717) is 0 Å². The average Bonchev–Trinajstić information content (AvgIpc) is 2.89. The lowest BCUT2D eigenvalue weighted by molar-refractivity contribution is 0.538. The second kappa shape index (κ2) is 5.90. The maximum Gasteiger partial charge on any atom is 0.195 e. The lowest BCUT2D eigenvalue weighted by atomic mass is 10.1. The largest absolute Gasteiger partial charge is 0.441 e. The molecular weight excluding hydrogens is 328 g/mol. The molecule has 0 radical (unpaired) electrons. The van der Waals surface area contributed by atoms with Gasteiger partial charge in [0.15, 0.2) is 11.5 Å². The first-order valence-corrected chi connectivity index (χ1v) is 7.86. The van der Waals surface area contributed by atoms with Gasteiger partial charge in [0, 0.05) is 22.6 Å². The third-order valence-electron chi connectivity index (χ3n) is 3.47. The van der Waals surface area contributed by atoms with E-state index in [1.807, 2.05) is 37.3 Å². The Hall–Kier alpha value is -1.81. The molecule has 0 spiro atoms. The van der Waals surface area contributed by atoms with Gasteiger partial charge in [-0.25, -0.2) is 4.98 Å². The molecule has 108 valence electrons. The number of halogens is 1. The fourth-order valence-corrected chi connectivity index (χ4v) is 2.74. The molecule has 3 rings (SSSR count). The van der Waals surface area contributed by atoms with Crippen LogP contribution in [-0.4, -0.2) is 4.98 Å². The fourth-order valence-electron chi connectivity index (χ4n) is 2.33. The number of nitrogens with one attached hydrogen (secondary N) is 1. The molecule has 4 heteroatoms. The lowest BCUT2D eigenvalue weighted by Gasteiger charge is -2.15. The quantitative estimate of drug-likeness (QED) is 0.695. The molecule has 3 aromatic rings. The molecule has 3 nitrogen and oxygen atoms in total. The van der Waals surface area contributed by atoms with Crippen molar-refractivity contribution in [2.24, 2.45) is 0 Å². The van der Waals surface area contributed by atoms with E-state index in [-0.39, 0.29) is 6.04 Å². The Morgan fingerprint density at radius 2 is 2.10 bits per heavy atom. The van der Waals surface area contributed by atoms with Gasteiger partial charge in [0.1, 0.15) is 5.52 Å². The van der Waals surface area contributed by atoms with Crippen molar-refractivity contribution in [3.63, 3.8) is 0 Å². The van der Waals surface area contributed by atoms with E-state index in [4.69, 9.17) is 4.42 Å². The van der Waals surface area contributed by atoms with Crippen LogP contribution in [-0.2, 0) is 6.42 Å². The molecule has 1 heterocycles. The smallest absolute Gasteiger partial charge is 0.195 e. The van der Waals surface area contributed by atoms with Gasteiger partial charge in [-0.15, -0.1) is 0 Å². The average molecular weight is 345 g/mol. The lowest BCUT2D eigenvalue weighted by Crippen LogP contribution is -2.06. The van der Waals surface area contributed by atoms with Crippen molar-refractivity contribution in [1.29, 1.82) is 0 Å². The van der Waals surface area contributed by atoms with Gasteiger partial charge in [0.05, 0.1) is 0 Å². The number of oxazole rings is 1. The molecule has 1 N–H and O–H groups in total. The summed E-state index contributed by atoms with van der Waals surface area (Å²) in [5.41, 5.74) is 4.02. The highest BCUT2D eigenvalue weighted by Crippen LogP contribution is 2.25. The third kappa shape index (κ3) is 3.10. The summed E-state index contributed by atoms with van der Waals surface area (Å²) in [7, 11) is 0. The zero-order valence-electron chi connectivity index (χ0n) is 12.1. The van der Waals surface area contributed by atoms with Crippen molar-refractivity contribution in [2.75, 3.05) is 5.32 Å². The first-order valence-electron chi connectivity index (χ1n) is 7.07. The minimum absolute atomic E-state index is 0.220. The predicted molar refractivity (Wildman–Crippen MR) is 89.6 cm³/mol. The molecule has 0 amide bonds. The number of benzene rings is 2. The van der Waals surface area contributed by atoms with Gasteiger partial charge in [-0.05, 0) is 42.8 Å². The number of fused-ring (bicyclic) bond motifs is 1. The van der Waals surface area contributed by atoms with Gasteiger partial charge >= 0.3 is 0 Å². The van der Waals surface area contributed by atoms with Crippen molar-refractivity contribution >= 4 is 32.7 Å². The maximum absolute atomic E-state index is 5.63. The Labute approximate surface area is 132 Å². The van der Waals surface area contributed by atoms with Crippen LogP contribution < -0.4 is 5.32 Å². The van der Waals surface area contributed by atoms with Crippen LogP contribution in [0.2, 0.25) is 0 Å². The monoisotopic (exact) mass is 344 g/mol.